The van der Waals surface area contributed by atoms with Crippen molar-refractivity contribution in [1.29, 1.82) is 0 Å². The van der Waals surface area contributed by atoms with E-state index in [0.29, 0.717) is 12.8 Å². The van der Waals surface area contributed by atoms with Crippen LogP contribution in [0.25, 0.3) is 0 Å². The number of carbonyl (C=O) groups excluding carboxylic acids is 1. The lowest BCUT2D eigenvalue weighted by atomic mass is 9.94. The number of hydrogen-bond acceptors (Lipinski definition) is 4. The van der Waals surface area contributed by atoms with Crippen LogP contribution in [-0.2, 0) is 0 Å². The van der Waals surface area contributed by atoms with Crippen LogP contribution in [0.15, 0.2) is 18.2 Å². The second-order valence-corrected chi connectivity index (χ2v) is 5.56. The zero-order valence-corrected chi connectivity index (χ0v) is 11.6. The van der Waals surface area contributed by atoms with E-state index >= 15 is 0 Å². The number of para-hydroxylation sites is 1. The van der Waals surface area contributed by atoms with Gasteiger partial charge in [0.15, 0.2) is 5.75 Å². The number of phenols is 1. The molecular weight excluding hydrogens is 256 g/mol. The van der Waals surface area contributed by atoms with Crippen LogP contribution in [0.1, 0.15) is 48.9 Å². The molecule has 0 radical (unpaired) electrons. The minimum Gasteiger partial charge on any atom is -0.505 e. The molecule has 0 atom stereocenters. The van der Waals surface area contributed by atoms with E-state index in [4.69, 9.17) is 5.73 Å². The number of anilines is 1. The summed E-state index contributed by atoms with van der Waals surface area (Å²) in [6, 6.07) is 4.66. The Morgan fingerprint density at radius 2 is 1.90 bits per heavy atom. The summed E-state index contributed by atoms with van der Waals surface area (Å²) in [4.78, 5) is 12.1. The zero-order chi connectivity index (χ0) is 14.6. The fourth-order valence-corrected chi connectivity index (χ4v) is 2.65. The number of amides is 1. The highest BCUT2D eigenvalue weighted by atomic mass is 16.3. The zero-order valence-electron chi connectivity index (χ0n) is 11.6. The molecule has 0 unspecified atom stereocenters. The highest BCUT2D eigenvalue weighted by molar-refractivity contribution is 5.98. The van der Waals surface area contributed by atoms with E-state index in [1.54, 1.807) is 6.07 Å². The molecule has 0 bridgehead atoms. The molecule has 0 aromatic heterocycles. The Morgan fingerprint density at radius 3 is 2.55 bits per heavy atom. The summed E-state index contributed by atoms with van der Waals surface area (Å²) in [6.45, 7) is 0.208. The smallest absolute Gasteiger partial charge is 0.255 e. The van der Waals surface area contributed by atoms with Crippen molar-refractivity contribution in [2.75, 3.05) is 12.3 Å². The van der Waals surface area contributed by atoms with Gasteiger partial charge < -0.3 is 21.3 Å². The molecule has 1 aromatic carbocycles. The maximum Gasteiger partial charge on any atom is 0.255 e. The Hall–Kier alpha value is -1.75. The van der Waals surface area contributed by atoms with Crippen LogP contribution < -0.4 is 11.1 Å². The molecule has 1 aromatic rings. The van der Waals surface area contributed by atoms with Crippen LogP contribution in [0.3, 0.4) is 0 Å². The van der Waals surface area contributed by atoms with E-state index in [2.05, 4.69) is 5.32 Å². The number of hydrogen-bond donors (Lipinski definition) is 4. The van der Waals surface area contributed by atoms with Crippen molar-refractivity contribution >= 4 is 11.6 Å². The minimum absolute atomic E-state index is 0.141. The first-order chi connectivity index (χ1) is 9.52. The molecule has 1 aliphatic carbocycles. The summed E-state index contributed by atoms with van der Waals surface area (Å²) >= 11 is 0. The monoisotopic (exact) mass is 278 g/mol. The van der Waals surface area contributed by atoms with Gasteiger partial charge in [0.05, 0.1) is 16.9 Å². The van der Waals surface area contributed by atoms with Crippen LogP contribution >= 0.6 is 0 Å². The van der Waals surface area contributed by atoms with Crippen LogP contribution in [0.2, 0.25) is 0 Å². The lowest BCUT2D eigenvalue weighted by molar-refractivity contribution is 0.0246. The number of nitrogens with one attached hydrogen (secondary N) is 1. The molecular formula is C15H22N2O3. The molecule has 0 aliphatic heterocycles. The second-order valence-electron chi connectivity index (χ2n) is 5.56. The van der Waals surface area contributed by atoms with Gasteiger partial charge in [0.2, 0.25) is 0 Å². The molecule has 0 spiro atoms. The standard InChI is InChI=1S/C15H22N2O3/c16-12-7-5-6-11(13(12)18)14(19)17-10-15(20)8-3-1-2-4-9-15/h5-7,18,20H,1-4,8-10,16H2,(H,17,19). The summed E-state index contributed by atoms with van der Waals surface area (Å²) in [5.74, 6) is -0.620. The summed E-state index contributed by atoms with van der Waals surface area (Å²) in [6.07, 6.45) is 5.64. The predicted molar refractivity (Wildman–Crippen MR) is 77.5 cm³/mol. The Balaban J connectivity index is 1.99. The van der Waals surface area contributed by atoms with Crippen molar-refractivity contribution in [3.8, 4) is 5.75 Å². The summed E-state index contributed by atoms with van der Waals surface area (Å²) in [7, 11) is 0. The Bertz CT molecular complexity index is 480. The van der Waals surface area contributed by atoms with E-state index in [-0.39, 0.29) is 23.5 Å². The maximum absolute atomic E-state index is 12.1. The highest BCUT2D eigenvalue weighted by Gasteiger charge is 2.28. The number of phenolic OH excluding ortho intramolecular Hbond substituents is 1. The first-order valence-electron chi connectivity index (χ1n) is 7.10. The number of aliphatic hydroxyl groups is 1. The number of benzene rings is 1. The first kappa shape index (κ1) is 14.7. The van der Waals surface area contributed by atoms with Crippen LogP contribution in [0, 0.1) is 0 Å². The van der Waals surface area contributed by atoms with Crippen molar-refractivity contribution in [2.24, 2.45) is 0 Å². The molecule has 0 heterocycles. The molecule has 5 N–H and O–H groups in total. The largest absolute Gasteiger partial charge is 0.505 e. The van der Waals surface area contributed by atoms with E-state index in [9.17, 15) is 15.0 Å². The topological polar surface area (TPSA) is 95.6 Å². The normalized spacial score (nSPS) is 18.2. The minimum atomic E-state index is -0.831. The lowest BCUT2D eigenvalue weighted by Crippen LogP contribution is -2.42. The van der Waals surface area contributed by atoms with Gasteiger partial charge >= 0.3 is 0 Å². The molecule has 5 heteroatoms. The van der Waals surface area contributed by atoms with Gasteiger partial charge in [-0.2, -0.15) is 0 Å². The molecule has 1 fully saturated rings. The van der Waals surface area contributed by atoms with E-state index < -0.39 is 11.5 Å². The van der Waals surface area contributed by atoms with E-state index in [0.717, 1.165) is 25.7 Å². The third-order valence-electron chi connectivity index (χ3n) is 3.92. The van der Waals surface area contributed by atoms with E-state index in [1.165, 1.54) is 12.1 Å². The Morgan fingerprint density at radius 1 is 1.25 bits per heavy atom. The number of carbonyl (C=O) groups is 1. The van der Waals surface area contributed by atoms with Gasteiger partial charge in [0, 0.05) is 6.54 Å². The van der Waals surface area contributed by atoms with Crippen LogP contribution in [-0.4, -0.2) is 28.3 Å². The number of aromatic hydroxyl groups is 1. The lowest BCUT2D eigenvalue weighted by Gasteiger charge is -2.26. The van der Waals surface area contributed by atoms with Crippen LogP contribution in [0.4, 0.5) is 5.69 Å². The van der Waals surface area contributed by atoms with Gasteiger partial charge in [0.25, 0.3) is 5.91 Å². The Labute approximate surface area is 118 Å². The average molecular weight is 278 g/mol. The molecule has 5 nitrogen and oxygen atoms in total. The summed E-state index contributed by atoms with van der Waals surface area (Å²) in [5.41, 5.74) is 5.05. The molecule has 1 amide bonds. The molecule has 110 valence electrons. The molecule has 0 saturated heterocycles. The van der Waals surface area contributed by atoms with Gasteiger partial charge in [-0.25, -0.2) is 0 Å². The van der Waals surface area contributed by atoms with Gasteiger partial charge in [-0.15, -0.1) is 0 Å². The van der Waals surface area contributed by atoms with Gasteiger partial charge in [0.1, 0.15) is 0 Å². The number of nitrogens with two attached hydrogens (primary N) is 1. The van der Waals surface area contributed by atoms with Gasteiger partial charge in [-0.3, -0.25) is 4.79 Å². The third-order valence-corrected chi connectivity index (χ3v) is 3.92. The van der Waals surface area contributed by atoms with Gasteiger partial charge in [-0.1, -0.05) is 31.7 Å². The molecule has 20 heavy (non-hydrogen) atoms. The fourth-order valence-electron chi connectivity index (χ4n) is 2.65. The third kappa shape index (κ3) is 3.42. The first-order valence-corrected chi connectivity index (χ1v) is 7.10. The Kier molecular flexibility index (Phi) is 4.49. The number of nitrogen functional groups attached to an aromatic ring is 1. The fraction of sp³-hybridized carbons (Fsp3) is 0.533. The van der Waals surface area contributed by atoms with Crippen molar-refractivity contribution in [3.05, 3.63) is 23.8 Å². The van der Waals surface area contributed by atoms with Gasteiger partial charge in [-0.05, 0) is 25.0 Å². The molecule has 1 aliphatic rings. The molecule has 1 saturated carbocycles. The van der Waals surface area contributed by atoms with E-state index in [1.807, 2.05) is 0 Å². The van der Waals surface area contributed by atoms with Crippen molar-refractivity contribution < 1.29 is 15.0 Å². The average Bonchev–Trinajstić information content (AvgIpc) is 2.65. The highest BCUT2D eigenvalue weighted by Crippen LogP contribution is 2.27. The predicted octanol–water partition coefficient (Wildman–Crippen LogP) is 1.79. The van der Waals surface area contributed by atoms with Crippen molar-refractivity contribution in [3.63, 3.8) is 0 Å². The summed E-state index contributed by atoms with van der Waals surface area (Å²) < 4.78 is 0. The maximum atomic E-state index is 12.1. The molecule has 2 rings (SSSR count). The second kappa shape index (κ2) is 6.13. The number of rotatable bonds is 3. The quantitative estimate of drug-likeness (QED) is 0.385. The van der Waals surface area contributed by atoms with Crippen LogP contribution in [0.5, 0.6) is 5.75 Å². The SMILES string of the molecule is Nc1cccc(C(=O)NCC2(O)CCCCCC2)c1O. The summed E-state index contributed by atoms with van der Waals surface area (Å²) in [5, 5.41) is 22.9. The van der Waals surface area contributed by atoms with Crippen molar-refractivity contribution in [2.45, 2.75) is 44.1 Å². The van der Waals surface area contributed by atoms with Crippen molar-refractivity contribution in [1.82, 2.24) is 5.32 Å².